The third-order valence-corrected chi connectivity index (χ3v) is 2.96. The highest BCUT2D eigenvalue weighted by Gasteiger charge is 2.23. The summed E-state index contributed by atoms with van der Waals surface area (Å²) in [6, 6.07) is 3.82. The van der Waals surface area contributed by atoms with E-state index in [9.17, 15) is 9.18 Å². The van der Waals surface area contributed by atoms with Crippen LogP contribution in [0.3, 0.4) is 0 Å². The Morgan fingerprint density at radius 1 is 1.50 bits per heavy atom. The predicted molar refractivity (Wildman–Crippen MR) is 72.1 cm³/mol. The van der Waals surface area contributed by atoms with Gasteiger partial charge in [0.2, 0.25) is 5.91 Å². The van der Waals surface area contributed by atoms with Crippen molar-refractivity contribution in [2.75, 3.05) is 5.32 Å². The van der Waals surface area contributed by atoms with E-state index in [4.69, 9.17) is 17.3 Å². The highest BCUT2D eigenvalue weighted by molar-refractivity contribution is 6.30. The first-order valence-electron chi connectivity index (χ1n) is 5.70. The van der Waals surface area contributed by atoms with E-state index in [0.717, 1.165) is 6.07 Å². The Hall–Kier alpha value is -1.13. The number of carbonyl (C=O) groups excluding carboxylic acids is 1. The summed E-state index contributed by atoms with van der Waals surface area (Å²) in [6.45, 7) is 5.86. The van der Waals surface area contributed by atoms with E-state index in [2.05, 4.69) is 5.32 Å². The number of carbonyl (C=O) groups is 1. The number of hydrogen-bond donors (Lipinski definition) is 2. The van der Waals surface area contributed by atoms with E-state index in [1.807, 2.05) is 20.8 Å². The monoisotopic (exact) mass is 272 g/mol. The number of hydrogen-bond acceptors (Lipinski definition) is 2. The minimum atomic E-state index is -0.555. The first-order valence-corrected chi connectivity index (χ1v) is 6.08. The van der Waals surface area contributed by atoms with Crippen molar-refractivity contribution in [3.8, 4) is 0 Å². The van der Waals surface area contributed by atoms with Gasteiger partial charge in [-0.15, -0.1) is 0 Å². The number of benzene rings is 1. The van der Waals surface area contributed by atoms with Crippen LogP contribution in [0.25, 0.3) is 0 Å². The van der Waals surface area contributed by atoms with Crippen molar-refractivity contribution in [2.24, 2.45) is 11.1 Å². The summed E-state index contributed by atoms with van der Waals surface area (Å²) < 4.78 is 13.5. The Kier molecular flexibility index (Phi) is 4.71. The Balaban J connectivity index is 2.65. The van der Waals surface area contributed by atoms with Crippen molar-refractivity contribution in [3.05, 3.63) is 29.0 Å². The zero-order valence-electron chi connectivity index (χ0n) is 10.8. The van der Waals surface area contributed by atoms with E-state index in [1.165, 1.54) is 12.1 Å². The fourth-order valence-corrected chi connectivity index (χ4v) is 1.46. The second kappa shape index (κ2) is 5.67. The van der Waals surface area contributed by atoms with Gasteiger partial charge in [-0.05, 0) is 23.6 Å². The van der Waals surface area contributed by atoms with Gasteiger partial charge in [-0.25, -0.2) is 4.39 Å². The summed E-state index contributed by atoms with van der Waals surface area (Å²) in [4.78, 5) is 11.7. The Bertz CT molecular complexity index is 443. The lowest BCUT2D eigenvalue weighted by molar-refractivity contribution is -0.117. The molecular formula is C13H18ClFN2O. The topological polar surface area (TPSA) is 55.1 Å². The lowest BCUT2D eigenvalue weighted by Gasteiger charge is -2.26. The number of anilines is 1. The van der Waals surface area contributed by atoms with Gasteiger partial charge in [0.15, 0.2) is 0 Å². The van der Waals surface area contributed by atoms with Crippen molar-refractivity contribution >= 4 is 23.2 Å². The standard InChI is InChI=1S/C13H18ClFN2O/c1-13(2,3)11(16)7-12(18)17-10-5-4-8(14)6-9(10)15/h4-6,11H,7,16H2,1-3H3,(H,17,18). The molecule has 1 aromatic rings. The first-order chi connectivity index (χ1) is 8.20. The predicted octanol–water partition coefficient (Wildman–Crippen LogP) is 3.18. The molecule has 0 saturated heterocycles. The molecule has 0 aliphatic carbocycles. The van der Waals surface area contributed by atoms with Gasteiger partial charge in [0.1, 0.15) is 5.82 Å². The molecule has 3 nitrogen and oxygen atoms in total. The van der Waals surface area contributed by atoms with Gasteiger partial charge in [0, 0.05) is 17.5 Å². The van der Waals surface area contributed by atoms with Crippen LogP contribution in [0, 0.1) is 11.2 Å². The summed E-state index contributed by atoms with van der Waals surface area (Å²) >= 11 is 5.62. The summed E-state index contributed by atoms with van der Waals surface area (Å²) in [7, 11) is 0. The highest BCUT2D eigenvalue weighted by atomic mass is 35.5. The molecule has 1 aromatic carbocycles. The zero-order valence-corrected chi connectivity index (χ0v) is 11.5. The zero-order chi connectivity index (χ0) is 13.9. The fraction of sp³-hybridized carbons (Fsp3) is 0.462. The van der Waals surface area contributed by atoms with Gasteiger partial charge < -0.3 is 11.1 Å². The molecule has 5 heteroatoms. The Morgan fingerprint density at radius 3 is 2.61 bits per heavy atom. The van der Waals surface area contributed by atoms with Crippen molar-refractivity contribution in [3.63, 3.8) is 0 Å². The van der Waals surface area contributed by atoms with Crippen LogP contribution < -0.4 is 11.1 Å². The van der Waals surface area contributed by atoms with Gasteiger partial charge in [0.05, 0.1) is 5.69 Å². The molecule has 1 rings (SSSR count). The average molecular weight is 273 g/mol. The van der Waals surface area contributed by atoms with Crippen LogP contribution in [0.4, 0.5) is 10.1 Å². The molecule has 100 valence electrons. The summed E-state index contributed by atoms with van der Waals surface area (Å²) in [5.74, 6) is -0.862. The van der Waals surface area contributed by atoms with Gasteiger partial charge in [0.25, 0.3) is 0 Å². The lowest BCUT2D eigenvalue weighted by atomic mass is 9.85. The average Bonchev–Trinajstić information content (AvgIpc) is 2.20. The van der Waals surface area contributed by atoms with Crippen LogP contribution in [-0.4, -0.2) is 11.9 Å². The molecule has 0 bridgehead atoms. The summed E-state index contributed by atoms with van der Waals surface area (Å²) in [5, 5.41) is 2.78. The van der Waals surface area contributed by atoms with Crippen molar-refractivity contribution in [1.82, 2.24) is 0 Å². The van der Waals surface area contributed by atoms with Crippen LogP contribution in [0.2, 0.25) is 5.02 Å². The lowest BCUT2D eigenvalue weighted by Crippen LogP contribution is -2.38. The molecule has 0 heterocycles. The second-order valence-electron chi connectivity index (χ2n) is 5.35. The van der Waals surface area contributed by atoms with Crippen LogP contribution >= 0.6 is 11.6 Å². The first kappa shape index (κ1) is 14.9. The number of nitrogens with two attached hydrogens (primary N) is 1. The van der Waals surface area contributed by atoms with E-state index < -0.39 is 5.82 Å². The molecule has 3 N–H and O–H groups in total. The molecule has 1 amide bonds. The molecule has 0 radical (unpaired) electrons. The minimum Gasteiger partial charge on any atom is -0.327 e. The molecular weight excluding hydrogens is 255 g/mol. The third kappa shape index (κ3) is 4.27. The van der Waals surface area contributed by atoms with E-state index in [1.54, 1.807) is 0 Å². The van der Waals surface area contributed by atoms with E-state index >= 15 is 0 Å². The van der Waals surface area contributed by atoms with Crippen molar-refractivity contribution < 1.29 is 9.18 Å². The molecule has 0 spiro atoms. The van der Waals surface area contributed by atoms with Crippen molar-refractivity contribution in [2.45, 2.75) is 33.2 Å². The van der Waals surface area contributed by atoms with E-state index in [-0.39, 0.29) is 34.5 Å². The normalized spacial score (nSPS) is 13.2. The van der Waals surface area contributed by atoms with Gasteiger partial charge in [-0.1, -0.05) is 32.4 Å². The molecule has 1 unspecified atom stereocenters. The largest absolute Gasteiger partial charge is 0.327 e. The maximum atomic E-state index is 13.5. The molecule has 0 saturated carbocycles. The molecule has 0 aliphatic rings. The third-order valence-electron chi connectivity index (χ3n) is 2.72. The highest BCUT2D eigenvalue weighted by Crippen LogP contribution is 2.22. The van der Waals surface area contributed by atoms with E-state index in [0.29, 0.717) is 0 Å². The Morgan fingerprint density at radius 2 is 2.11 bits per heavy atom. The molecule has 0 fully saturated rings. The van der Waals surface area contributed by atoms with Crippen LogP contribution in [-0.2, 0) is 4.79 Å². The number of rotatable bonds is 3. The van der Waals surface area contributed by atoms with Gasteiger partial charge >= 0.3 is 0 Å². The second-order valence-corrected chi connectivity index (χ2v) is 5.79. The Labute approximate surface area is 112 Å². The number of nitrogens with one attached hydrogen (secondary N) is 1. The fourth-order valence-electron chi connectivity index (χ4n) is 1.30. The van der Waals surface area contributed by atoms with Gasteiger partial charge in [-0.3, -0.25) is 4.79 Å². The van der Waals surface area contributed by atoms with Crippen LogP contribution in [0.5, 0.6) is 0 Å². The smallest absolute Gasteiger partial charge is 0.226 e. The van der Waals surface area contributed by atoms with Crippen LogP contribution in [0.1, 0.15) is 27.2 Å². The number of halogens is 2. The van der Waals surface area contributed by atoms with Crippen LogP contribution in [0.15, 0.2) is 18.2 Å². The molecule has 1 atom stereocenters. The molecule has 0 aromatic heterocycles. The maximum absolute atomic E-state index is 13.5. The SMILES string of the molecule is CC(C)(C)C(N)CC(=O)Nc1ccc(Cl)cc1F. The number of amides is 1. The maximum Gasteiger partial charge on any atom is 0.226 e. The quantitative estimate of drug-likeness (QED) is 0.888. The molecule has 18 heavy (non-hydrogen) atoms. The summed E-state index contributed by atoms with van der Waals surface area (Å²) in [6.07, 6.45) is 0.144. The van der Waals surface area contributed by atoms with Crippen molar-refractivity contribution in [1.29, 1.82) is 0 Å². The summed E-state index contributed by atoms with van der Waals surface area (Å²) in [5.41, 5.74) is 5.84. The van der Waals surface area contributed by atoms with Gasteiger partial charge in [-0.2, -0.15) is 0 Å². The minimum absolute atomic E-state index is 0.116. The molecule has 0 aliphatic heterocycles.